The molecule has 0 heterocycles. The average Bonchev–Trinajstić information content (AvgIpc) is 1.79. The van der Waals surface area contributed by atoms with Gasteiger partial charge in [0.15, 0.2) is 0 Å². The minimum absolute atomic E-state index is 0. The van der Waals surface area contributed by atoms with Crippen molar-refractivity contribution in [1.82, 2.24) is 0 Å². The van der Waals surface area contributed by atoms with Crippen LogP contribution in [0.4, 0.5) is 0 Å². The predicted octanol–water partition coefficient (Wildman–Crippen LogP) is -7.95. The summed E-state index contributed by atoms with van der Waals surface area (Å²) in [7, 11) is 0. The van der Waals surface area contributed by atoms with E-state index in [1.54, 1.807) is 0 Å². The molecular formula is C6H8O4Rb2. The number of carboxylic acid groups (broad SMARTS) is 2. The topological polar surface area (TPSA) is 80.3 Å². The van der Waals surface area contributed by atoms with Crippen LogP contribution in [0, 0.1) is 0 Å². The number of carbonyl (C=O) groups excluding carboxylic acids is 2. The van der Waals surface area contributed by atoms with Gasteiger partial charge in [-0.1, -0.05) is 0 Å². The fourth-order valence-corrected chi connectivity index (χ4v) is 0.539. The molecule has 4 nitrogen and oxygen atoms in total. The third-order valence-electron chi connectivity index (χ3n) is 1.01. The minimum Gasteiger partial charge on any atom is -0.550 e. The molecule has 0 aliphatic heterocycles. The van der Waals surface area contributed by atoms with Crippen molar-refractivity contribution in [3.63, 3.8) is 0 Å². The fourth-order valence-electron chi connectivity index (χ4n) is 0.539. The maximum Gasteiger partial charge on any atom is 1.00 e. The van der Waals surface area contributed by atoms with Crippen molar-refractivity contribution < 1.29 is 136 Å². The first-order valence-corrected chi connectivity index (χ1v) is 3.02. The number of rotatable bonds is 5. The summed E-state index contributed by atoms with van der Waals surface area (Å²) < 4.78 is 0. The van der Waals surface area contributed by atoms with Gasteiger partial charge < -0.3 is 19.8 Å². The number of hydrogen-bond donors (Lipinski definition) is 0. The monoisotopic (exact) mass is 314 g/mol. The third-order valence-corrected chi connectivity index (χ3v) is 1.01. The molecule has 0 bridgehead atoms. The molecule has 0 fully saturated rings. The average molecular weight is 315 g/mol. The summed E-state index contributed by atoms with van der Waals surface area (Å²) >= 11 is 0. The third kappa shape index (κ3) is 18.4. The number of unbranched alkanes of at least 4 members (excludes halogenated alkanes) is 1. The summed E-state index contributed by atoms with van der Waals surface area (Å²) in [6, 6.07) is 0. The smallest absolute Gasteiger partial charge is 0.550 e. The summed E-state index contributed by atoms with van der Waals surface area (Å²) in [6.07, 6.45) is 0.535. The first kappa shape index (κ1) is 20.0. The van der Waals surface area contributed by atoms with Crippen LogP contribution in [0.1, 0.15) is 25.7 Å². The van der Waals surface area contributed by atoms with Crippen LogP contribution in [0.2, 0.25) is 0 Å². The van der Waals surface area contributed by atoms with E-state index in [0.717, 1.165) is 0 Å². The second kappa shape index (κ2) is 13.6. The summed E-state index contributed by atoms with van der Waals surface area (Å²) in [4.78, 5) is 19.5. The van der Waals surface area contributed by atoms with Gasteiger partial charge in [0.05, 0.1) is 0 Å². The Hall–Kier alpha value is 2.55. The van der Waals surface area contributed by atoms with Gasteiger partial charge in [0.2, 0.25) is 0 Å². The molecule has 12 heavy (non-hydrogen) atoms. The van der Waals surface area contributed by atoms with Crippen LogP contribution in [0.5, 0.6) is 0 Å². The zero-order valence-corrected chi connectivity index (χ0v) is 17.3. The quantitative estimate of drug-likeness (QED) is 0.472. The Morgan fingerprint density at radius 1 is 0.833 bits per heavy atom. The summed E-state index contributed by atoms with van der Waals surface area (Å²) in [5, 5.41) is 19.5. The molecule has 0 aromatic rings. The molecule has 0 aliphatic rings. The molecule has 0 radical (unpaired) electrons. The molecule has 0 amide bonds. The number of carbonyl (C=O) groups is 2. The van der Waals surface area contributed by atoms with Gasteiger partial charge in [-0.2, -0.15) is 0 Å². The van der Waals surface area contributed by atoms with E-state index < -0.39 is 11.9 Å². The Morgan fingerprint density at radius 3 is 1.25 bits per heavy atom. The molecule has 0 saturated heterocycles. The molecule has 0 aromatic carbocycles. The summed E-state index contributed by atoms with van der Waals surface area (Å²) in [5.74, 6) is -2.28. The van der Waals surface area contributed by atoms with Crippen LogP contribution in [-0.2, 0) is 9.59 Å². The van der Waals surface area contributed by atoms with E-state index in [4.69, 9.17) is 0 Å². The zero-order valence-electron chi connectivity index (χ0n) is 7.46. The van der Waals surface area contributed by atoms with Crippen LogP contribution in [0.3, 0.4) is 0 Å². The molecule has 0 saturated carbocycles. The molecule has 0 spiro atoms. The van der Waals surface area contributed by atoms with E-state index in [-0.39, 0.29) is 129 Å². The maximum atomic E-state index is 9.77. The first-order chi connectivity index (χ1) is 4.63. The van der Waals surface area contributed by atoms with E-state index in [2.05, 4.69) is 0 Å². The van der Waals surface area contributed by atoms with Crippen LogP contribution in [0.25, 0.3) is 0 Å². The van der Waals surface area contributed by atoms with Crippen LogP contribution in [-0.4, -0.2) is 11.9 Å². The molecule has 0 atom stereocenters. The Bertz CT molecular complexity index is 122. The van der Waals surface area contributed by atoms with Gasteiger partial charge >= 0.3 is 116 Å². The Balaban J connectivity index is -0.000000405. The van der Waals surface area contributed by atoms with Crippen LogP contribution < -0.4 is 127 Å². The normalized spacial score (nSPS) is 7.67. The standard InChI is InChI=1S/C6H10O4.2Rb/c7-5(8)3-1-2-4-6(9)10;;/h1-4H2,(H,7,8)(H,9,10);;/q;2*+1/p-2. The second-order valence-corrected chi connectivity index (χ2v) is 1.95. The number of aliphatic carboxylic acids is 2. The summed E-state index contributed by atoms with van der Waals surface area (Å²) in [6.45, 7) is 0. The van der Waals surface area contributed by atoms with Gasteiger partial charge in [-0.05, 0) is 25.7 Å². The summed E-state index contributed by atoms with van der Waals surface area (Å²) in [5.41, 5.74) is 0. The van der Waals surface area contributed by atoms with Gasteiger partial charge in [-0.15, -0.1) is 0 Å². The number of carboxylic acids is 2. The SMILES string of the molecule is O=C([O-])CCCCC(=O)[O-].[Rb+].[Rb+]. The minimum atomic E-state index is -1.14. The Morgan fingerprint density at radius 2 is 1.08 bits per heavy atom. The fraction of sp³-hybridized carbons (Fsp3) is 0.667. The van der Waals surface area contributed by atoms with Crippen molar-refractivity contribution >= 4 is 11.9 Å². The maximum absolute atomic E-state index is 9.77. The van der Waals surface area contributed by atoms with Crippen molar-refractivity contribution in [3.8, 4) is 0 Å². The van der Waals surface area contributed by atoms with Crippen LogP contribution >= 0.6 is 0 Å². The first-order valence-electron chi connectivity index (χ1n) is 3.02. The molecule has 6 heteroatoms. The predicted molar refractivity (Wildman–Crippen MR) is 28.5 cm³/mol. The Labute approximate surface area is 169 Å². The van der Waals surface area contributed by atoms with Crippen molar-refractivity contribution in [3.05, 3.63) is 0 Å². The van der Waals surface area contributed by atoms with E-state index >= 15 is 0 Å². The van der Waals surface area contributed by atoms with Crippen molar-refractivity contribution in [2.24, 2.45) is 0 Å². The zero-order chi connectivity index (χ0) is 7.98. The van der Waals surface area contributed by atoms with Crippen molar-refractivity contribution in [1.29, 1.82) is 0 Å². The Kier molecular flexibility index (Phi) is 22.6. The van der Waals surface area contributed by atoms with E-state index in [1.165, 1.54) is 0 Å². The number of hydrogen-bond acceptors (Lipinski definition) is 4. The van der Waals surface area contributed by atoms with Crippen molar-refractivity contribution in [2.45, 2.75) is 25.7 Å². The second-order valence-electron chi connectivity index (χ2n) is 1.95. The molecular weight excluding hydrogens is 307 g/mol. The largest absolute Gasteiger partial charge is 1.00 e. The molecule has 0 unspecified atom stereocenters. The van der Waals surface area contributed by atoms with Crippen molar-refractivity contribution in [2.75, 3.05) is 0 Å². The molecule has 0 N–H and O–H groups in total. The van der Waals surface area contributed by atoms with Gasteiger partial charge in [-0.3, -0.25) is 0 Å². The van der Waals surface area contributed by atoms with E-state index in [1.807, 2.05) is 0 Å². The van der Waals surface area contributed by atoms with Gasteiger partial charge in [0.25, 0.3) is 0 Å². The van der Waals surface area contributed by atoms with Gasteiger partial charge in [-0.25, -0.2) is 0 Å². The van der Waals surface area contributed by atoms with E-state index in [9.17, 15) is 19.8 Å². The van der Waals surface area contributed by atoms with E-state index in [0.29, 0.717) is 12.8 Å². The molecule has 0 rings (SSSR count). The molecule has 0 aliphatic carbocycles. The molecule has 0 aromatic heterocycles. The van der Waals surface area contributed by atoms with Gasteiger partial charge in [0.1, 0.15) is 0 Å². The van der Waals surface area contributed by atoms with Crippen LogP contribution in [0.15, 0.2) is 0 Å². The van der Waals surface area contributed by atoms with Gasteiger partial charge in [0, 0.05) is 11.9 Å². The molecule has 58 valence electrons.